The first-order valence-corrected chi connectivity index (χ1v) is 6.72. The molecule has 1 unspecified atom stereocenters. The summed E-state index contributed by atoms with van der Waals surface area (Å²) in [6.45, 7) is 2.04. The van der Waals surface area contributed by atoms with Crippen molar-refractivity contribution in [2.45, 2.75) is 38.6 Å². The van der Waals surface area contributed by atoms with E-state index in [9.17, 15) is 4.79 Å². The summed E-state index contributed by atoms with van der Waals surface area (Å²) in [5.41, 5.74) is 0. The summed E-state index contributed by atoms with van der Waals surface area (Å²) in [6.07, 6.45) is 4.89. The largest absolute Gasteiger partial charge is 0.469 e. The molecule has 0 saturated heterocycles. The van der Waals surface area contributed by atoms with Crippen molar-refractivity contribution < 1.29 is 9.21 Å². The Morgan fingerprint density at radius 3 is 3.06 bits per heavy atom. The predicted octanol–water partition coefficient (Wildman–Crippen LogP) is 2.89. The van der Waals surface area contributed by atoms with Gasteiger partial charge >= 0.3 is 0 Å². The minimum absolute atomic E-state index is 0.0958. The van der Waals surface area contributed by atoms with Crippen LogP contribution >= 0.6 is 15.9 Å². The Morgan fingerprint density at radius 2 is 2.44 bits per heavy atom. The van der Waals surface area contributed by atoms with Crippen molar-refractivity contribution in [3.8, 4) is 0 Å². The van der Waals surface area contributed by atoms with Gasteiger partial charge in [0, 0.05) is 24.2 Å². The van der Waals surface area contributed by atoms with Gasteiger partial charge in [-0.05, 0) is 31.9 Å². The maximum atomic E-state index is 11.5. The van der Waals surface area contributed by atoms with Crippen LogP contribution in [-0.4, -0.2) is 17.3 Å². The fourth-order valence-electron chi connectivity index (χ4n) is 1.49. The van der Waals surface area contributed by atoms with Gasteiger partial charge in [0.15, 0.2) is 0 Å². The van der Waals surface area contributed by atoms with Crippen LogP contribution in [0.1, 0.15) is 31.9 Å². The van der Waals surface area contributed by atoms with Gasteiger partial charge in [-0.15, -0.1) is 0 Å². The number of halogens is 1. The van der Waals surface area contributed by atoms with Gasteiger partial charge < -0.3 is 9.73 Å². The lowest BCUT2D eigenvalue weighted by molar-refractivity contribution is -0.121. The molecule has 16 heavy (non-hydrogen) atoms. The van der Waals surface area contributed by atoms with Gasteiger partial charge in [-0.2, -0.15) is 0 Å². The molecule has 3 nitrogen and oxygen atoms in total. The molecule has 4 heteroatoms. The second-order valence-electron chi connectivity index (χ2n) is 3.88. The molecule has 1 aromatic rings. The van der Waals surface area contributed by atoms with Gasteiger partial charge in [0.2, 0.25) is 5.91 Å². The van der Waals surface area contributed by atoms with Crippen LogP contribution in [0.15, 0.2) is 22.8 Å². The van der Waals surface area contributed by atoms with E-state index in [2.05, 4.69) is 21.2 Å². The Kier molecular flexibility index (Phi) is 6.23. The summed E-state index contributed by atoms with van der Waals surface area (Å²) >= 11 is 3.38. The number of furan rings is 1. The lowest BCUT2D eigenvalue weighted by Crippen LogP contribution is -2.32. The number of nitrogens with one attached hydrogen (secondary N) is 1. The van der Waals surface area contributed by atoms with E-state index in [0.29, 0.717) is 12.8 Å². The number of hydrogen-bond donors (Lipinski definition) is 1. The molecule has 0 spiro atoms. The summed E-state index contributed by atoms with van der Waals surface area (Å²) in [4.78, 5) is 11.5. The summed E-state index contributed by atoms with van der Waals surface area (Å²) < 4.78 is 5.17. The highest BCUT2D eigenvalue weighted by Gasteiger charge is 2.07. The topological polar surface area (TPSA) is 42.2 Å². The number of rotatable bonds is 7. The van der Waals surface area contributed by atoms with Crippen molar-refractivity contribution in [1.82, 2.24) is 5.32 Å². The Bertz CT molecular complexity index is 298. The van der Waals surface area contributed by atoms with Gasteiger partial charge in [0.1, 0.15) is 5.76 Å². The SMILES string of the molecule is CC(CCCBr)NC(=O)CCc1ccco1. The van der Waals surface area contributed by atoms with E-state index in [1.54, 1.807) is 6.26 Å². The monoisotopic (exact) mass is 287 g/mol. The molecule has 0 aliphatic carbocycles. The molecule has 1 heterocycles. The van der Waals surface area contributed by atoms with Crippen LogP contribution in [0.25, 0.3) is 0 Å². The van der Waals surface area contributed by atoms with Crippen LogP contribution in [0, 0.1) is 0 Å². The van der Waals surface area contributed by atoms with Crippen LogP contribution in [-0.2, 0) is 11.2 Å². The van der Waals surface area contributed by atoms with Crippen LogP contribution < -0.4 is 5.32 Å². The van der Waals surface area contributed by atoms with Crippen molar-refractivity contribution >= 4 is 21.8 Å². The van der Waals surface area contributed by atoms with Gasteiger partial charge in [-0.25, -0.2) is 0 Å². The zero-order valence-electron chi connectivity index (χ0n) is 9.54. The van der Waals surface area contributed by atoms with E-state index < -0.39 is 0 Å². The molecule has 0 saturated carbocycles. The van der Waals surface area contributed by atoms with Gasteiger partial charge in [0.25, 0.3) is 0 Å². The summed E-state index contributed by atoms with van der Waals surface area (Å²) in [5, 5.41) is 3.96. The van der Waals surface area contributed by atoms with Gasteiger partial charge in [-0.3, -0.25) is 4.79 Å². The zero-order chi connectivity index (χ0) is 11.8. The maximum absolute atomic E-state index is 11.5. The third-order valence-corrected chi connectivity index (χ3v) is 2.92. The molecule has 0 aliphatic rings. The second kappa shape index (κ2) is 7.49. The first kappa shape index (κ1) is 13.3. The Balaban J connectivity index is 2.15. The van der Waals surface area contributed by atoms with E-state index >= 15 is 0 Å². The molecule has 0 radical (unpaired) electrons. The Labute approximate surface area is 105 Å². The fraction of sp³-hybridized carbons (Fsp3) is 0.583. The highest BCUT2D eigenvalue weighted by atomic mass is 79.9. The van der Waals surface area contributed by atoms with E-state index in [-0.39, 0.29) is 11.9 Å². The second-order valence-corrected chi connectivity index (χ2v) is 4.67. The molecule has 1 aromatic heterocycles. The zero-order valence-corrected chi connectivity index (χ0v) is 11.1. The molecule has 1 N–H and O–H groups in total. The number of carbonyl (C=O) groups excluding carboxylic acids is 1. The molecule has 0 bridgehead atoms. The average molecular weight is 288 g/mol. The molecular formula is C12H18BrNO2. The standard InChI is InChI=1S/C12H18BrNO2/c1-10(4-2-8-13)14-12(15)7-6-11-5-3-9-16-11/h3,5,9-10H,2,4,6-8H2,1H3,(H,14,15). The highest BCUT2D eigenvalue weighted by Crippen LogP contribution is 2.04. The number of hydrogen-bond acceptors (Lipinski definition) is 2. The van der Waals surface area contributed by atoms with Crippen molar-refractivity contribution in [2.75, 3.05) is 5.33 Å². The van der Waals surface area contributed by atoms with Gasteiger partial charge in [-0.1, -0.05) is 15.9 Å². The predicted molar refractivity (Wildman–Crippen MR) is 67.7 cm³/mol. The minimum Gasteiger partial charge on any atom is -0.469 e. The van der Waals surface area contributed by atoms with Crippen LogP contribution in [0.2, 0.25) is 0 Å². The van der Waals surface area contributed by atoms with Crippen molar-refractivity contribution in [1.29, 1.82) is 0 Å². The fourth-order valence-corrected chi connectivity index (χ4v) is 1.82. The van der Waals surface area contributed by atoms with E-state index in [1.165, 1.54) is 0 Å². The molecular weight excluding hydrogens is 270 g/mol. The number of aryl methyl sites for hydroxylation is 1. The van der Waals surface area contributed by atoms with Crippen LogP contribution in [0.3, 0.4) is 0 Å². The summed E-state index contributed by atoms with van der Waals surface area (Å²) in [5.74, 6) is 0.960. The first-order chi connectivity index (χ1) is 7.72. The third-order valence-electron chi connectivity index (χ3n) is 2.36. The Morgan fingerprint density at radius 1 is 1.62 bits per heavy atom. The molecule has 1 atom stereocenters. The minimum atomic E-state index is 0.0958. The third kappa shape index (κ3) is 5.35. The maximum Gasteiger partial charge on any atom is 0.220 e. The van der Waals surface area contributed by atoms with E-state index in [0.717, 1.165) is 23.9 Å². The molecule has 0 fully saturated rings. The Hall–Kier alpha value is -0.770. The van der Waals surface area contributed by atoms with Crippen molar-refractivity contribution in [3.05, 3.63) is 24.2 Å². The first-order valence-electron chi connectivity index (χ1n) is 5.60. The molecule has 1 rings (SSSR count). The molecule has 1 amide bonds. The average Bonchev–Trinajstić information content (AvgIpc) is 2.76. The van der Waals surface area contributed by atoms with Crippen molar-refractivity contribution in [2.24, 2.45) is 0 Å². The van der Waals surface area contributed by atoms with E-state index in [4.69, 9.17) is 4.42 Å². The lowest BCUT2D eigenvalue weighted by atomic mass is 10.2. The number of amides is 1. The molecule has 0 aliphatic heterocycles. The lowest BCUT2D eigenvalue weighted by Gasteiger charge is -2.12. The summed E-state index contributed by atoms with van der Waals surface area (Å²) in [7, 11) is 0. The summed E-state index contributed by atoms with van der Waals surface area (Å²) in [6, 6.07) is 3.98. The molecule has 90 valence electrons. The normalized spacial score (nSPS) is 12.4. The molecule has 0 aromatic carbocycles. The highest BCUT2D eigenvalue weighted by molar-refractivity contribution is 9.09. The number of alkyl halides is 1. The van der Waals surface area contributed by atoms with Crippen LogP contribution in [0.4, 0.5) is 0 Å². The van der Waals surface area contributed by atoms with E-state index in [1.807, 2.05) is 19.1 Å². The quantitative estimate of drug-likeness (QED) is 0.784. The smallest absolute Gasteiger partial charge is 0.220 e. The number of carbonyl (C=O) groups is 1. The van der Waals surface area contributed by atoms with Gasteiger partial charge in [0.05, 0.1) is 6.26 Å². The van der Waals surface area contributed by atoms with Crippen molar-refractivity contribution in [3.63, 3.8) is 0 Å². The van der Waals surface area contributed by atoms with Crippen LogP contribution in [0.5, 0.6) is 0 Å².